The summed E-state index contributed by atoms with van der Waals surface area (Å²) in [4.78, 5) is 24.1. The monoisotopic (exact) mass is 410 g/mol. The molecule has 30 heavy (non-hydrogen) atoms. The second kappa shape index (κ2) is 13.6. The van der Waals surface area contributed by atoms with E-state index in [0.29, 0.717) is 24.0 Å². The molecule has 0 aliphatic rings. The molecular formula is C26H34O4. The number of phenolic OH excluding ortho intramolecular Hbond substituents is 2. The van der Waals surface area contributed by atoms with E-state index >= 15 is 0 Å². The first kappa shape index (κ1) is 23.7. The van der Waals surface area contributed by atoms with Gasteiger partial charge in [0.1, 0.15) is 11.5 Å². The molecule has 0 fully saturated rings. The second-order valence-corrected chi connectivity index (χ2v) is 7.95. The number of para-hydroxylation sites is 1. The van der Waals surface area contributed by atoms with Crippen molar-refractivity contribution in [2.24, 2.45) is 0 Å². The maximum absolute atomic E-state index is 12.1. The standard InChI is InChI=1S/C26H34O4/c27-22-19-17-21(18-20-22)24(28)14-9-7-5-3-1-2-4-6-8-10-15-25(29)23-13-11-12-16-26(23)30/h11-13,16-20,27,30H,1-10,14-15H2. The van der Waals surface area contributed by atoms with Gasteiger partial charge in [0, 0.05) is 18.4 Å². The molecule has 2 aromatic carbocycles. The van der Waals surface area contributed by atoms with Gasteiger partial charge in [-0.05, 0) is 49.2 Å². The van der Waals surface area contributed by atoms with Gasteiger partial charge in [0.15, 0.2) is 11.6 Å². The van der Waals surface area contributed by atoms with E-state index < -0.39 is 0 Å². The van der Waals surface area contributed by atoms with E-state index in [1.165, 1.54) is 25.7 Å². The van der Waals surface area contributed by atoms with E-state index in [4.69, 9.17) is 0 Å². The summed E-state index contributed by atoms with van der Waals surface area (Å²) >= 11 is 0. The lowest BCUT2D eigenvalue weighted by Gasteiger charge is -2.04. The summed E-state index contributed by atoms with van der Waals surface area (Å²) in [6.07, 6.45) is 12.2. The van der Waals surface area contributed by atoms with Crippen molar-refractivity contribution in [3.63, 3.8) is 0 Å². The van der Waals surface area contributed by atoms with Crippen LogP contribution in [0.15, 0.2) is 48.5 Å². The molecule has 2 N–H and O–H groups in total. The normalized spacial score (nSPS) is 10.8. The summed E-state index contributed by atoms with van der Waals surface area (Å²) in [6.45, 7) is 0. The average molecular weight is 411 g/mol. The Kier molecular flexibility index (Phi) is 10.7. The second-order valence-electron chi connectivity index (χ2n) is 7.95. The van der Waals surface area contributed by atoms with Crippen molar-refractivity contribution < 1.29 is 19.8 Å². The maximum atomic E-state index is 12.1. The minimum absolute atomic E-state index is 0.0250. The molecular weight excluding hydrogens is 376 g/mol. The molecule has 0 spiro atoms. The fourth-order valence-electron chi connectivity index (χ4n) is 3.62. The minimum Gasteiger partial charge on any atom is -0.508 e. The Morgan fingerprint density at radius 3 is 1.57 bits per heavy atom. The number of unbranched alkanes of at least 4 members (excludes halogenated alkanes) is 9. The summed E-state index contributed by atoms with van der Waals surface area (Å²) < 4.78 is 0. The first-order valence-electron chi connectivity index (χ1n) is 11.2. The summed E-state index contributed by atoms with van der Waals surface area (Å²) in [6, 6.07) is 13.2. The molecule has 0 unspecified atom stereocenters. The van der Waals surface area contributed by atoms with E-state index in [1.54, 1.807) is 48.5 Å². The number of hydrogen-bond acceptors (Lipinski definition) is 4. The Labute approximate surface area is 180 Å². The Hall–Kier alpha value is -2.62. The number of ketones is 2. The van der Waals surface area contributed by atoms with Crippen LogP contribution in [0.4, 0.5) is 0 Å². The van der Waals surface area contributed by atoms with Crippen LogP contribution in [0.5, 0.6) is 11.5 Å². The van der Waals surface area contributed by atoms with E-state index in [9.17, 15) is 19.8 Å². The molecule has 2 rings (SSSR count). The molecule has 2 aromatic rings. The van der Waals surface area contributed by atoms with Gasteiger partial charge in [-0.15, -0.1) is 0 Å². The van der Waals surface area contributed by atoms with Gasteiger partial charge in [0.25, 0.3) is 0 Å². The number of rotatable bonds is 15. The van der Waals surface area contributed by atoms with Crippen LogP contribution < -0.4 is 0 Å². The molecule has 0 saturated heterocycles. The number of phenols is 2. The third-order valence-electron chi connectivity index (χ3n) is 5.45. The Bertz CT molecular complexity index is 780. The van der Waals surface area contributed by atoms with Crippen molar-refractivity contribution >= 4 is 11.6 Å². The Morgan fingerprint density at radius 1 is 0.567 bits per heavy atom. The van der Waals surface area contributed by atoms with E-state index in [1.807, 2.05) is 0 Å². The van der Waals surface area contributed by atoms with Crippen molar-refractivity contribution in [2.75, 3.05) is 0 Å². The van der Waals surface area contributed by atoms with Crippen LogP contribution >= 0.6 is 0 Å². The number of carbonyl (C=O) groups is 2. The van der Waals surface area contributed by atoms with Crippen LogP contribution in [0, 0.1) is 0 Å². The number of aromatic hydroxyl groups is 2. The molecule has 0 saturated carbocycles. The summed E-state index contributed by atoms with van der Waals surface area (Å²) in [5, 5.41) is 19.0. The van der Waals surface area contributed by atoms with E-state index in [-0.39, 0.29) is 23.1 Å². The van der Waals surface area contributed by atoms with Gasteiger partial charge in [0.05, 0.1) is 5.56 Å². The van der Waals surface area contributed by atoms with Crippen LogP contribution in [-0.2, 0) is 0 Å². The molecule has 0 aliphatic carbocycles. The zero-order valence-corrected chi connectivity index (χ0v) is 17.8. The average Bonchev–Trinajstić information content (AvgIpc) is 2.75. The quantitative estimate of drug-likeness (QED) is 0.249. The lowest BCUT2D eigenvalue weighted by atomic mass is 10.0. The molecule has 0 amide bonds. The topological polar surface area (TPSA) is 74.6 Å². The highest BCUT2D eigenvalue weighted by Crippen LogP contribution is 2.19. The summed E-state index contributed by atoms with van der Waals surface area (Å²) in [7, 11) is 0. The lowest BCUT2D eigenvalue weighted by molar-refractivity contribution is 0.0969. The van der Waals surface area contributed by atoms with Crippen molar-refractivity contribution in [2.45, 2.75) is 77.0 Å². The van der Waals surface area contributed by atoms with Crippen molar-refractivity contribution in [1.29, 1.82) is 0 Å². The molecule has 4 nitrogen and oxygen atoms in total. The molecule has 0 aliphatic heterocycles. The van der Waals surface area contributed by atoms with Gasteiger partial charge in [-0.25, -0.2) is 0 Å². The van der Waals surface area contributed by atoms with Crippen LogP contribution in [0.3, 0.4) is 0 Å². The third-order valence-corrected chi connectivity index (χ3v) is 5.45. The third kappa shape index (κ3) is 8.81. The number of Topliss-reactive ketones (excluding diaryl/α,β-unsaturated/α-hetero) is 2. The fraction of sp³-hybridized carbons (Fsp3) is 0.462. The van der Waals surface area contributed by atoms with Gasteiger partial charge in [-0.3, -0.25) is 9.59 Å². The first-order chi connectivity index (χ1) is 14.6. The Balaban J connectivity index is 1.40. The van der Waals surface area contributed by atoms with Gasteiger partial charge < -0.3 is 10.2 Å². The maximum Gasteiger partial charge on any atom is 0.166 e. The summed E-state index contributed by atoms with van der Waals surface area (Å²) in [5.41, 5.74) is 1.11. The minimum atomic E-state index is 0.0250. The number of hydrogen-bond donors (Lipinski definition) is 2. The first-order valence-corrected chi connectivity index (χ1v) is 11.2. The SMILES string of the molecule is O=C(CCCCCCCCCCCCC(=O)c1ccccc1O)c1ccc(O)cc1. The van der Waals surface area contributed by atoms with E-state index in [0.717, 1.165) is 38.5 Å². The highest BCUT2D eigenvalue weighted by Gasteiger charge is 2.09. The number of benzene rings is 2. The molecule has 0 radical (unpaired) electrons. The molecule has 0 aromatic heterocycles. The highest BCUT2D eigenvalue weighted by molar-refractivity contribution is 5.98. The molecule has 0 bridgehead atoms. The van der Waals surface area contributed by atoms with Crippen molar-refractivity contribution in [3.8, 4) is 11.5 Å². The zero-order chi connectivity index (χ0) is 21.6. The molecule has 4 heteroatoms. The molecule has 0 atom stereocenters. The smallest absolute Gasteiger partial charge is 0.166 e. The van der Waals surface area contributed by atoms with Crippen LogP contribution in [0.25, 0.3) is 0 Å². The van der Waals surface area contributed by atoms with Crippen LogP contribution in [0.1, 0.15) is 97.8 Å². The van der Waals surface area contributed by atoms with Gasteiger partial charge in [0.2, 0.25) is 0 Å². The Morgan fingerprint density at radius 2 is 1.03 bits per heavy atom. The largest absolute Gasteiger partial charge is 0.508 e. The van der Waals surface area contributed by atoms with Crippen molar-refractivity contribution in [1.82, 2.24) is 0 Å². The molecule has 0 heterocycles. The van der Waals surface area contributed by atoms with Gasteiger partial charge >= 0.3 is 0 Å². The zero-order valence-electron chi connectivity index (χ0n) is 17.8. The predicted octanol–water partition coefficient (Wildman–Crippen LogP) is 6.84. The van der Waals surface area contributed by atoms with Crippen molar-refractivity contribution in [3.05, 3.63) is 59.7 Å². The number of carbonyl (C=O) groups excluding carboxylic acids is 2. The highest BCUT2D eigenvalue weighted by atomic mass is 16.3. The van der Waals surface area contributed by atoms with Gasteiger partial charge in [-0.2, -0.15) is 0 Å². The van der Waals surface area contributed by atoms with Crippen LogP contribution in [0.2, 0.25) is 0 Å². The van der Waals surface area contributed by atoms with E-state index in [2.05, 4.69) is 0 Å². The summed E-state index contributed by atoms with van der Waals surface area (Å²) in [5.74, 6) is 0.438. The van der Waals surface area contributed by atoms with Crippen LogP contribution in [-0.4, -0.2) is 21.8 Å². The fourth-order valence-corrected chi connectivity index (χ4v) is 3.62. The lowest BCUT2D eigenvalue weighted by Crippen LogP contribution is -1.99. The predicted molar refractivity (Wildman–Crippen MR) is 120 cm³/mol. The molecule has 162 valence electrons. The van der Waals surface area contributed by atoms with Gasteiger partial charge in [-0.1, -0.05) is 63.5 Å².